The van der Waals surface area contributed by atoms with Crippen molar-refractivity contribution in [2.75, 3.05) is 18.8 Å². The minimum absolute atomic E-state index is 0.0504. The number of anilines is 1. The quantitative estimate of drug-likeness (QED) is 0.780. The van der Waals surface area contributed by atoms with Crippen LogP contribution in [0.2, 0.25) is 0 Å². The predicted octanol–water partition coefficient (Wildman–Crippen LogP) is 0.917. The summed E-state index contributed by atoms with van der Waals surface area (Å²) in [6, 6.07) is 4.61. The lowest BCUT2D eigenvalue weighted by Crippen LogP contribution is -2.38. The van der Waals surface area contributed by atoms with Crippen molar-refractivity contribution in [3.05, 3.63) is 22.7 Å². The monoisotopic (exact) mass is 361 g/mol. The van der Waals surface area contributed by atoms with Crippen molar-refractivity contribution in [1.82, 2.24) is 4.31 Å². The maximum atomic E-state index is 12.6. The molecule has 4 N–H and O–H groups in total. The zero-order valence-corrected chi connectivity index (χ0v) is 13.4. The standard InChI is InChI=1S/C12H16BrN3O3S/c1-12(11(15)17)4-5-16(7-12)20(18,19)10-3-2-8(13)6-9(10)14/h2-3,6H,4-5,7,14H2,1H3,(H2,15,17). The smallest absolute Gasteiger partial charge is 0.245 e. The Bertz CT molecular complexity index is 662. The van der Waals surface area contributed by atoms with Crippen LogP contribution in [0.4, 0.5) is 5.69 Å². The molecule has 1 aromatic rings. The molecule has 110 valence electrons. The summed E-state index contributed by atoms with van der Waals surface area (Å²) < 4.78 is 27.1. The largest absolute Gasteiger partial charge is 0.398 e. The number of amides is 1. The zero-order valence-electron chi connectivity index (χ0n) is 11.0. The molecule has 1 atom stereocenters. The fourth-order valence-corrected chi connectivity index (χ4v) is 4.26. The third-order valence-corrected chi connectivity index (χ3v) is 6.04. The van der Waals surface area contributed by atoms with E-state index in [1.165, 1.54) is 16.4 Å². The third kappa shape index (κ3) is 2.55. The van der Waals surface area contributed by atoms with Crippen molar-refractivity contribution in [3.63, 3.8) is 0 Å². The van der Waals surface area contributed by atoms with Gasteiger partial charge in [-0.05, 0) is 31.5 Å². The van der Waals surface area contributed by atoms with Crippen LogP contribution in [0, 0.1) is 5.41 Å². The number of nitrogen functional groups attached to an aromatic ring is 1. The molecule has 1 heterocycles. The molecule has 2 rings (SSSR count). The van der Waals surface area contributed by atoms with Gasteiger partial charge in [0.05, 0.1) is 11.1 Å². The minimum Gasteiger partial charge on any atom is -0.398 e. The highest BCUT2D eigenvalue weighted by Gasteiger charge is 2.44. The molecule has 1 saturated heterocycles. The molecule has 1 aliphatic heterocycles. The Labute approximate surface area is 126 Å². The highest BCUT2D eigenvalue weighted by molar-refractivity contribution is 9.10. The minimum atomic E-state index is -3.71. The van der Waals surface area contributed by atoms with Gasteiger partial charge in [-0.25, -0.2) is 8.42 Å². The van der Waals surface area contributed by atoms with E-state index in [0.29, 0.717) is 10.9 Å². The summed E-state index contributed by atoms with van der Waals surface area (Å²) in [5.74, 6) is -0.487. The van der Waals surface area contributed by atoms with Crippen LogP contribution < -0.4 is 11.5 Å². The van der Waals surface area contributed by atoms with Gasteiger partial charge in [-0.15, -0.1) is 0 Å². The van der Waals surface area contributed by atoms with Crippen molar-refractivity contribution in [3.8, 4) is 0 Å². The average Bonchev–Trinajstić information content (AvgIpc) is 2.73. The molecule has 0 radical (unpaired) electrons. The van der Waals surface area contributed by atoms with Crippen molar-refractivity contribution in [1.29, 1.82) is 0 Å². The van der Waals surface area contributed by atoms with Crippen molar-refractivity contribution < 1.29 is 13.2 Å². The highest BCUT2D eigenvalue weighted by Crippen LogP contribution is 2.34. The lowest BCUT2D eigenvalue weighted by Gasteiger charge is -2.21. The fourth-order valence-electron chi connectivity index (χ4n) is 2.22. The van der Waals surface area contributed by atoms with Crippen LogP contribution >= 0.6 is 15.9 Å². The zero-order chi connectivity index (χ0) is 15.1. The van der Waals surface area contributed by atoms with E-state index in [4.69, 9.17) is 11.5 Å². The number of rotatable bonds is 3. The van der Waals surface area contributed by atoms with Crippen LogP contribution in [0.1, 0.15) is 13.3 Å². The molecule has 0 bridgehead atoms. The van der Waals surface area contributed by atoms with Crippen LogP contribution in [0.15, 0.2) is 27.6 Å². The molecule has 1 unspecified atom stereocenters. The molecular formula is C12H16BrN3O3S. The first-order chi connectivity index (χ1) is 9.17. The van der Waals surface area contributed by atoms with E-state index in [1.54, 1.807) is 13.0 Å². The summed E-state index contributed by atoms with van der Waals surface area (Å²) in [6.45, 7) is 2.02. The molecule has 0 aromatic heterocycles. The Balaban J connectivity index is 2.35. The molecule has 0 aliphatic carbocycles. The molecule has 20 heavy (non-hydrogen) atoms. The normalized spacial score (nSPS) is 23.9. The number of nitrogens with zero attached hydrogens (tertiary/aromatic N) is 1. The highest BCUT2D eigenvalue weighted by atomic mass is 79.9. The van der Waals surface area contributed by atoms with E-state index in [9.17, 15) is 13.2 Å². The van der Waals surface area contributed by atoms with Gasteiger partial charge in [0.1, 0.15) is 4.90 Å². The number of benzene rings is 1. The van der Waals surface area contributed by atoms with Crippen molar-refractivity contribution in [2.24, 2.45) is 11.1 Å². The Kier molecular flexibility index (Phi) is 3.83. The van der Waals surface area contributed by atoms with Gasteiger partial charge in [0, 0.05) is 17.6 Å². The topological polar surface area (TPSA) is 106 Å². The van der Waals surface area contributed by atoms with E-state index >= 15 is 0 Å². The van der Waals surface area contributed by atoms with Crippen LogP contribution in [-0.2, 0) is 14.8 Å². The number of carbonyl (C=O) groups is 1. The van der Waals surface area contributed by atoms with E-state index in [0.717, 1.165) is 0 Å². The number of carbonyl (C=O) groups excluding carboxylic acids is 1. The number of primary amides is 1. The van der Waals surface area contributed by atoms with Gasteiger partial charge >= 0.3 is 0 Å². The maximum Gasteiger partial charge on any atom is 0.245 e. The van der Waals surface area contributed by atoms with Gasteiger partial charge in [-0.1, -0.05) is 15.9 Å². The lowest BCUT2D eigenvalue weighted by atomic mass is 9.89. The lowest BCUT2D eigenvalue weighted by molar-refractivity contribution is -0.126. The number of sulfonamides is 1. The molecule has 1 fully saturated rings. The molecular weight excluding hydrogens is 346 g/mol. The van der Waals surface area contributed by atoms with E-state index in [2.05, 4.69) is 15.9 Å². The Morgan fingerprint density at radius 3 is 2.60 bits per heavy atom. The van der Waals surface area contributed by atoms with Gasteiger partial charge in [-0.3, -0.25) is 4.79 Å². The molecule has 1 amide bonds. The number of hydrogen-bond donors (Lipinski definition) is 2. The number of halogens is 1. The second-order valence-electron chi connectivity index (χ2n) is 5.20. The average molecular weight is 362 g/mol. The summed E-state index contributed by atoms with van der Waals surface area (Å²) in [6.07, 6.45) is 0.415. The summed E-state index contributed by atoms with van der Waals surface area (Å²) in [7, 11) is -3.71. The van der Waals surface area contributed by atoms with Crippen LogP contribution in [0.5, 0.6) is 0 Å². The van der Waals surface area contributed by atoms with Gasteiger partial charge in [0.2, 0.25) is 15.9 Å². The van der Waals surface area contributed by atoms with Crippen LogP contribution in [0.25, 0.3) is 0 Å². The Hall–Kier alpha value is -1.12. The second-order valence-corrected chi connectivity index (χ2v) is 8.02. The number of hydrogen-bond acceptors (Lipinski definition) is 4. The summed E-state index contributed by atoms with van der Waals surface area (Å²) in [4.78, 5) is 11.5. The van der Waals surface area contributed by atoms with Gasteiger partial charge in [-0.2, -0.15) is 4.31 Å². The van der Waals surface area contributed by atoms with E-state index < -0.39 is 21.3 Å². The first kappa shape index (κ1) is 15.3. The Morgan fingerprint density at radius 2 is 2.10 bits per heavy atom. The van der Waals surface area contributed by atoms with Crippen molar-refractivity contribution in [2.45, 2.75) is 18.2 Å². The molecule has 8 heteroatoms. The molecule has 1 aliphatic rings. The predicted molar refractivity (Wildman–Crippen MR) is 79.2 cm³/mol. The van der Waals surface area contributed by atoms with E-state index in [1.807, 2.05) is 0 Å². The van der Waals surface area contributed by atoms with Gasteiger partial charge < -0.3 is 11.5 Å². The Morgan fingerprint density at radius 1 is 1.45 bits per heavy atom. The van der Waals surface area contributed by atoms with Crippen molar-refractivity contribution >= 4 is 37.5 Å². The molecule has 0 saturated carbocycles. The maximum absolute atomic E-state index is 12.6. The third-order valence-electron chi connectivity index (χ3n) is 3.62. The first-order valence-electron chi connectivity index (χ1n) is 6.02. The van der Waals surface area contributed by atoms with Crippen LogP contribution in [-0.4, -0.2) is 31.7 Å². The summed E-state index contributed by atoms with van der Waals surface area (Å²) >= 11 is 3.23. The van der Waals surface area contributed by atoms with Crippen LogP contribution in [0.3, 0.4) is 0 Å². The van der Waals surface area contributed by atoms with Gasteiger partial charge in [0.25, 0.3) is 0 Å². The second kappa shape index (κ2) is 5.01. The summed E-state index contributed by atoms with van der Waals surface area (Å²) in [5, 5.41) is 0. The molecule has 0 spiro atoms. The molecule has 6 nitrogen and oxygen atoms in total. The number of nitrogens with two attached hydrogens (primary N) is 2. The van der Waals surface area contributed by atoms with E-state index in [-0.39, 0.29) is 23.7 Å². The summed E-state index contributed by atoms with van der Waals surface area (Å²) in [5.41, 5.74) is 10.5. The molecule has 1 aromatic carbocycles. The van der Waals surface area contributed by atoms with Gasteiger partial charge in [0.15, 0.2) is 0 Å². The fraction of sp³-hybridized carbons (Fsp3) is 0.417. The SMILES string of the molecule is CC1(C(N)=O)CCN(S(=O)(=O)c2ccc(Br)cc2N)C1. The first-order valence-corrected chi connectivity index (χ1v) is 8.25.